The topological polar surface area (TPSA) is 98.2 Å². The number of aromatic hydroxyl groups is 1. The van der Waals surface area contributed by atoms with Crippen molar-refractivity contribution in [1.29, 1.82) is 0 Å². The molecule has 39 heavy (non-hydrogen) atoms. The number of hydrogen-bond acceptors (Lipinski definition) is 6. The molecule has 1 heterocycles. The van der Waals surface area contributed by atoms with Gasteiger partial charge in [0, 0.05) is 41.7 Å². The van der Waals surface area contributed by atoms with Crippen molar-refractivity contribution in [2.45, 2.75) is 19.8 Å². The first-order valence-corrected chi connectivity index (χ1v) is 12.9. The van der Waals surface area contributed by atoms with Crippen LogP contribution < -0.4 is 4.90 Å². The normalized spacial score (nSPS) is 11.7. The number of aliphatic imine (C=N–C) groups is 1. The lowest BCUT2D eigenvalue weighted by Gasteiger charge is -2.24. The van der Waals surface area contributed by atoms with E-state index in [0.717, 1.165) is 29.6 Å². The van der Waals surface area contributed by atoms with Crippen molar-refractivity contribution in [2.75, 3.05) is 39.2 Å². The highest BCUT2D eigenvalue weighted by Gasteiger charge is 2.20. The second kappa shape index (κ2) is 12.4. The molecule has 0 radical (unpaired) electrons. The van der Waals surface area contributed by atoms with E-state index in [1.165, 1.54) is 7.11 Å². The Morgan fingerprint density at radius 1 is 0.949 bits per heavy atom. The zero-order valence-electron chi connectivity index (χ0n) is 22.8. The van der Waals surface area contributed by atoms with Crippen molar-refractivity contribution in [1.82, 2.24) is 9.88 Å². The summed E-state index contributed by atoms with van der Waals surface area (Å²) in [5.74, 6) is -0.413. The van der Waals surface area contributed by atoms with Crippen molar-refractivity contribution >= 4 is 39.9 Å². The number of likely N-dealkylation sites (N-methyl/N-ethyl adjacent to an activating group) is 1. The molecule has 3 aromatic carbocycles. The third-order valence-corrected chi connectivity index (χ3v) is 6.42. The summed E-state index contributed by atoms with van der Waals surface area (Å²) < 4.78 is 4.83. The fourth-order valence-corrected chi connectivity index (χ4v) is 4.41. The molecule has 0 fully saturated rings. The zero-order chi connectivity index (χ0) is 27.9. The highest BCUT2D eigenvalue weighted by atomic mass is 16.5. The smallest absolute Gasteiger partial charge is 0.337 e. The van der Waals surface area contributed by atoms with E-state index in [2.05, 4.69) is 9.88 Å². The fourth-order valence-electron chi connectivity index (χ4n) is 4.41. The third-order valence-electron chi connectivity index (χ3n) is 6.42. The van der Waals surface area contributed by atoms with Crippen LogP contribution in [0.3, 0.4) is 0 Å². The van der Waals surface area contributed by atoms with Crippen LogP contribution >= 0.6 is 0 Å². The van der Waals surface area contributed by atoms with Gasteiger partial charge in [-0.15, -0.1) is 0 Å². The number of methoxy groups -OCH3 is 1. The molecule has 2 N–H and O–H groups in total. The van der Waals surface area contributed by atoms with Gasteiger partial charge in [0.1, 0.15) is 0 Å². The summed E-state index contributed by atoms with van der Waals surface area (Å²) in [5.41, 5.74) is 4.39. The molecule has 4 aromatic rings. The molecule has 0 saturated carbocycles. The molecule has 8 nitrogen and oxygen atoms in total. The van der Waals surface area contributed by atoms with E-state index in [1.807, 2.05) is 80.5 Å². The van der Waals surface area contributed by atoms with Crippen LogP contribution in [0.4, 0.5) is 11.4 Å². The second-order valence-electron chi connectivity index (χ2n) is 9.54. The molecule has 0 aliphatic rings. The Hall–Kier alpha value is -4.43. The molecule has 0 spiro atoms. The van der Waals surface area contributed by atoms with Gasteiger partial charge in [-0.1, -0.05) is 43.3 Å². The van der Waals surface area contributed by atoms with Gasteiger partial charge in [-0.2, -0.15) is 0 Å². The first kappa shape index (κ1) is 27.6. The van der Waals surface area contributed by atoms with Gasteiger partial charge in [0.15, 0.2) is 5.88 Å². The Labute approximate surface area is 228 Å². The van der Waals surface area contributed by atoms with Gasteiger partial charge < -0.3 is 24.6 Å². The van der Waals surface area contributed by atoms with E-state index < -0.39 is 5.97 Å². The van der Waals surface area contributed by atoms with Crippen LogP contribution in [0.2, 0.25) is 0 Å². The highest BCUT2D eigenvalue weighted by molar-refractivity contribution is 6.22. The van der Waals surface area contributed by atoms with Gasteiger partial charge in [-0.25, -0.2) is 9.79 Å². The third kappa shape index (κ3) is 6.35. The van der Waals surface area contributed by atoms with E-state index in [-0.39, 0.29) is 11.8 Å². The van der Waals surface area contributed by atoms with Crippen molar-refractivity contribution in [3.8, 4) is 5.88 Å². The van der Waals surface area contributed by atoms with Crippen LogP contribution in [0, 0.1) is 0 Å². The van der Waals surface area contributed by atoms with E-state index in [0.29, 0.717) is 41.0 Å². The van der Waals surface area contributed by atoms with Crippen molar-refractivity contribution < 1.29 is 19.4 Å². The van der Waals surface area contributed by atoms with Crippen LogP contribution in [0.15, 0.2) is 77.8 Å². The molecular formula is C31H34N4O4. The van der Waals surface area contributed by atoms with E-state index in [9.17, 15) is 14.7 Å². The number of hydrogen-bond donors (Lipinski definition) is 2. The number of aromatic amines is 1. The predicted octanol–water partition coefficient (Wildman–Crippen LogP) is 5.52. The quantitative estimate of drug-likeness (QED) is 0.209. The number of nitrogens with zero attached hydrogens (tertiary/aromatic N) is 3. The first-order valence-electron chi connectivity index (χ1n) is 12.9. The molecule has 1 aromatic heterocycles. The molecule has 4 rings (SSSR count). The number of ether oxygens (including phenoxy) is 1. The number of aromatic nitrogens is 1. The number of benzene rings is 3. The Balaban J connectivity index is 1.77. The maximum absolute atomic E-state index is 12.8. The van der Waals surface area contributed by atoms with E-state index in [1.54, 1.807) is 18.2 Å². The van der Waals surface area contributed by atoms with Crippen LogP contribution in [0.5, 0.6) is 5.88 Å². The molecule has 0 bridgehead atoms. The Morgan fingerprint density at radius 3 is 2.31 bits per heavy atom. The number of carbonyl (C=O) groups is 2. The zero-order valence-corrected chi connectivity index (χ0v) is 22.8. The molecule has 202 valence electrons. The lowest BCUT2D eigenvalue weighted by atomic mass is 10.00. The average Bonchev–Trinajstić information content (AvgIpc) is 3.27. The molecular weight excluding hydrogens is 492 g/mol. The maximum Gasteiger partial charge on any atom is 0.337 e. The minimum atomic E-state index is -0.457. The number of H-pyrrole nitrogens is 1. The van der Waals surface area contributed by atoms with E-state index >= 15 is 0 Å². The van der Waals surface area contributed by atoms with Crippen molar-refractivity contribution in [2.24, 2.45) is 4.99 Å². The lowest BCUT2D eigenvalue weighted by molar-refractivity contribution is -0.118. The average molecular weight is 527 g/mol. The number of carbonyl (C=O) groups excluding carboxylic acids is 2. The van der Waals surface area contributed by atoms with Gasteiger partial charge in [-0.3, -0.25) is 4.79 Å². The van der Waals surface area contributed by atoms with Crippen molar-refractivity contribution in [3.05, 3.63) is 89.5 Å². The Bertz CT molecular complexity index is 1470. The summed E-state index contributed by atoms with van der Waals surface area (Å²) in [7, 11) is 5.31. The van der Waals surface area contributed by atoms with Gasteiger partial charge >= 0.3 is 5.97 Å². The highest BCUT2D eigenvalue weighted by Crippen LogP contribution is 2.32. The molecule has 8 heteroatoms. The van der Waals surface area contributed by atoms with Gasteiger partial charge in [0.25, 0.3) is 0 Å². The number of fused-ring (bicyclic) bond motifs is 1. The second-order valence-corrected chi connectivity index (χ2v) is 9.54. The van der Waals surface area contributed by atoms with Crippen LogP contribution in [0.25, 0.3) is 10.9 Å². The predicted molar refractivity (Wildman–Crippen MR) is 155 cm³/mol. The number of amides is 1. The summed E-state index contributed by atoms with van der Waals surface area (Å²) in [6, 6.07) is 22.3. The molecule has 1 amide bonds. The molecule has 0 aliphatic carbocycles. The van der Waals surface area contributed by atoms with Crippen LogP contribution in [-0.2, 0) is 9.53 Å². The summed E-state index contributed by atoms with van der Waals surface area (Å²) >= 11 is 0. The molecule has 0 aliphatic heterocycles. The van der Waals surface area contributed by atoms with E-state index in [4.69, 9.17) is 9.73 Å². The van der Waals surface area contributed by atoms with Gasteiger partial charge in [-0.05, 0) is 56.9 Å². The number of esters is 1. The SMILES string of the molecule is CCCC(=O)N(CCN(C)C)c1ccc(N=C(c2ccccc2)c2c(O)[nH]c3cc(C(=O)OC)ccc23)cc1. The fraction of sp³-hybridized carbons (Fsp3) is 0.258. The number of nitrogens with one attached hydrogen (secondary N) is 1. The monoisotopic (exact) mass is 526 g/mol. The summed E-state index contributed by atoms with van der Waals surface area (Å²) in [5, 5.41) is 11.7. The minimum Gasteiger partial charge on any atom is -0.494 e. The van der Waals surface area contributed by atoms with Gasteiger partial charge in [0.2, 0.25) is 5.91 Å². The standard InChI is InChI=1S/C31H34N4O4/c1-5-9-27(36)35(19-18-34(2)3)24-15-13-23(14-16-24)32-29(21-10-7-6-8-11-21)28-25-17-12-22(31(38)39-4)20-26(25)33-30(28)37/h6-8,10-17,20,33,37H,5,9,18-19H2,1-4H3. The maximum atomic E-state index is 12.8. The minimum absolute atomic E-state index is 0.0498. The van der Waals surface area contributed by atoms with Crippen LogP contribution in [0.1, 0.15) is 41.3 Å². The Morgan fingerprint density at radius 2 is 1.67 bits per heavy atom. The summed E-state index contributed by atoms with van der Waals surface area (Å²) in [6.45, 7) is 3.35. The number of anilines is 1. The molecule has 0 saturated heterocycles. The summed E-state index contributed by atoms with van der Waals surface area (Å²) in [4.78, 5) is 36.6. The molecule has 0 atom stereocenters. The lowest BCUT2D eigenvalue weighted by Crippen LogP contribution is -2.36. The van der Waals surface area contributed by atoms with Gasteiger partial charge in [0.05, 0.1) is 29.6 Å². The summed E-state index contributed by atoms with van der Waals surface area (Å²) in [6.07, 6.45) is 1.28. The largest absolute Gasteiger partial charge is 0.494 e. The molecule has 0 unspecified atom stereocenters. The number of rotatable bonds is 10. The van der Waals surface area contributed by atoms with Crippen molar-refractivity contribution in [3.63, 3.8) is 0 Å². The first-order chi connectivity index (χ1) is 18.8. The van der Waals surface area contributed by atoms with Crippen LogP contribution in [-0.4, -0.2) is 66.9 Å². The Kier molecular flexibility index (Phi) is 8.78.